The van der Waals surface area contributed by atoms with E-state index in [0.717, 1.165) is 18.8 Å². The molecule has 1 fully saturated rings. The summed E-state index contributed by atoms with van der Waals surface area (Å²) in [6.07, 6.45) is 2.49. The summed E-state index contributed by atoms with van der Waals surface area (Å²) in [7, 11) is 1.77. The molecule has 1 saturated heterocycles. The van der Waals surface area contributed by atoms with Crippen LogP contribution in [0.15, 0.2) is 5.38 Å². The largest absolute Gasteiger partial charge is 0.496 e. The maximum Gasteiger partial charge on any atom is 0.133 e. The summed E-state index contributed by atoms with van der Waals surface area (Å²) in [6.45, 7) is 4.48. The Balaban J connectivity index is 2.23. The molecule has 0 atom stereocenters. The zero-order valence-electron chi connectivity index (χ0n) is 8.80. The number of hydrogen-bond donors (Lipinski definition) is 1. The molecule has 2 heterocycles. The van der Waals surface area contributed by atoms with Crippen molar-refractivity contribution in [3.8, 4) is 5.75 Å². The summed E-state index contributed by atoms with van der Waals surface area (Å²) >= 11 is 1.80. The van der Waals surface area contributed by atoms with Crippen LogP contribution in [-0.2, 0) is 0 Å². The molecule has 2 nitrogen and oxygen atoms in total. The second-order valence-corrected chi connectivity index (χ2v) is 4.88. The van der Waals surface area contributed by atoms with Crippen LogP contribution in [0.1, 0.15) is 29.2 Å². The summed E-state index contributed by atoms with van der Waals surface area (Å²) in [5.74, 6) is 1.80. The molecule has 0 aromatic carbocycles. The number of aryl methyl sites for hydroxylation is 1. The smallest absolute Gasteiger partial charge is 0.133 e. The summed E-state index contributed by atoms with van der Waals surface area (Å²) in [5, 5.41) is 5.53. The molecule has 1 aromatic rings. The number of nitrogens with one attached hydrogen (secondary N) is 1. The average molecular weight is 211 g/mol. The van der Waals surface area contributed by atoms with Crippen LogP contribution >= 0.6 is 11.3 Å². The van der Waals surface area contributed by atoms with Gasteiger partial charge in [0.25, 0.3) is 0 Å². The number of hydrogen-bond acceptors (Lipinski definition) is 3. The SMILES string of the molecule is COc1csc(C)c1C1CCNCC1. The molecule has 3 heteroatoms. The summed E-state index contributed by atoms with van der Waals surface area (Å²) in [5.41, 5.74) is 1.46. The summed E-state index contributed by atoms with van der Waals surface area (Å²) in [4.78, 5) is 1.42. The monoisotopic (exact) mass is 211 g/mol. The topological polar surface area (TPSA) is 21.3 Å². The molecule has 0 aliphatic carbocycles. The van der Waals surface area contributed by atoms with Gasteiger partial charge in [-0.1, -0.05) is 0 Å². The van der Waals surface area contributed by atoms with Gasteiger partial charge in [0, 0.05) is 15.8 Å². The highest BCUT2D eigenvalue weighted by atomic mass is 32.1. The van der Waals surface area contributed by atoms with E-state index in [9.17, 15) is 0 Å². The van der Waals surface area contributed by atoms with Gasteiger partial charge in [0.1, 0.15) is 5.75 Å². The highest BCUT2D eigenvalue weighted by Gasteiger charge is 2.21. The highest BCUT2D eigenvalue weighted by Crippen LogP contribution is 2.38. The fourth-order valence-corrected chi connectivity index (χ4v) is 3.10. The Morgan fingerprint density at radius 1 is 1.43 bits per heavy atom. The third-order valence-corrected chi connectivity index (χ3v) is 3.86. The third kappa shape index (κ3) is 1.79. The fourth-order valence-electron chi connectivity index (χ4n) is 2.20. The molecule has 0 saturated carbocycles. The van der Waals surface area contributed by atoms with Crippen molar-refractivity contribution in [3.63, 3.8) is 0 Å². The molecule has 14 heavy (non-hydrogen) atoms. The number of thiophene rings is 1. The normalized spacial score (nSPS) is 18.4. The van der Waals surface area contributed by atoms with E-state index < -0.39 is 0 Å². The first kappa shape index (κ1) is 9.99. The van der Waals surface area contributed by atoms with Crippen molar-refractivity contribution in [2.75, 3.05) is 20.2 Å². The summed E-state index contributed by atoms with van der Waals surface area (Å²) < 4.78 is 5.41. The van der Waals surface area contributed by atoms with Crippen molar-refractivity contribution < 1.29 is 4.74 Å². The predicted molar refractivity (Wildman–Crippen MR) is 60.5 cm³/mol. The van der Waals surface area contributed by atoms with Crippen molar-refractivity contribution in [2.45, 2.75) is 25.7 Å². The van der Waals surface area contributed by atoms with Crippen LogP contribution in [0.25, 0.3) is 0 Å². The zero-order chi connectivity index (χ0) is 9.97. The molecule has 78 valence electrons. The first-order valence-corrected chi connectivity index (χ1v) is 6.03. The third-order valence-electron chi connectivity index (χ3n) is 2.95. The van der Waals surface area contributed by atoms with Gasteiger partial charge in [-0.3, -0.25) is 0 Å². The van der Waals surface area contributed by atoms with E-state index in [1.165, 1.54) is 23.3 Å². The molecule has 1 N–H and O–H groups in total. The molecule has 0 radical (unpaired) electrons. The lowest BCUT2D eigenvalue weighted by Gasteiger charge is -2.23. The molecular formula is C11H17NOS. The maximum atomic E-state index is 5.41. The first-order valence-electron chi connectivity index (χ1n) is 5.15. The van der Waals surface area contributed by atoms with Gasteiger partial charge in [-0.25, -0.2) is 0 Å². The van der Waals surface area contributed by atoms with Gasteiger partial charge in [0.05, 0.1) is 7.11 Å². The molecule has 1 aliphatic heterocycles. The zero-order valence-corrected chi connectivity index (χ0v) is 9.62. The highest BCUT2D eigenvalue weighted by molar-refractivity contribution is 7.10. The van der Waals surface area contributed by atoms with Gasteiger partial charge >= 0.3 is 0 Å². The Morgan fingerprint density at radius 3 is 2.79 bits per heavy atom. The van der Waals surface area contributed by atoms with Crippen molar-refractivity contribution in [1.82, 2.24) is 5.32 Å². The minimum absolute atomic E-state index is 0.706. The second-order valence-electron chi connectivity index (χ2n) is 3.80. The molecule has 0 amide bonds. The van der Waals surface area contributed by atoms with E-state index in [2.05, 4.69) is 17.6 Å². The van der Waals surface area contributed by atoms with Crippen molar-refractivity contribution in [3.05, 3.63) is 15.8 Å². The maximum absolute atomic E-state index is 5.41. The number of piperidine rings is 1. The average Bonchev–Trinajstić information content (AvgIpc) is 2.61. The van der Waals surface area contributed by atoms with Gasteiger partial charge in [0.15, 0.2) is 0 Å². The van der Waals surface area contributed by atoms with E-state index in [1.807, 2.05) is 0 Å². The molecule has 2 rings (SSSR count). The Hall–Kier alpha value is -0.540. The van der Waals surface area contributed by atoms with Crippen LogP contribution in [0.5, 0.6) is 5.75 Å². The molecule has 1 aromatic heterocycles. The first-order chi connectivity index (χ1) is 6.83. The van der Waals surface area contributed by atoms with Gasteiger partial charge in [-0.05, 0) is 38.8 Å². The molecule has 0 bridgehead atoms. The van der Waals surface area contributed by atoms with E-state index in [1.54, 1.807) is 18.4 Å². The molecular weight excluding hydrogens is 194 g/mol. The molecule has 0 spiro atoms. The van der Waals surface area contributed by atoms with Crippen LogP contribution in [0, 0.1) is 6.92 Å². The Bertz CT molecular complexity index is 302. The van der Waals surface area contributed by atoms with Crippen LogP contribution in [0.4, 0.5) is 0 Å². The quantitative estimate of drug-likeness (QED) is 0.811. The lowest BCUT2D eigenvalue weighted by molar-refractivity contribution is 0.393. The van der Waals surface area contributed by atoms with Gasteiger partial charge in [-0.15, -0.1) is 11.3 Å². The fraction of sp³-hybridized carbons (Fsp3) is 0.636. The second kappa shape index (κ2) is 4.32. The molecule has 1 aliphatic rings. The minimum atomic E-state index is 0.706. The van der Waals surface area contributed by atoms with Crippen LogP contribution in [0.3, 0.4) is 0 Å². The van der Waals surface area contributed by atoms with E-state index >= 15 is 0 Å². The van der Waals surface area contributed by atoms with Crippen LogP contribution in [0.2, 0.25) is 0 Å². The Labute approximate surface area is 89.3 Å². The number of methoxy groups -OCH3 is 1. The lowest BCUT2D eigenvalue weighted by Crippen LogP contribution is -2.26. The molecule has 0 unspecified atom stereocenters. The van der Waals surface area contributed by atoms with E-state index in [0.29, 0.717) is 5.92 Å². The Morgan fingerprint density at radius 2 is 2.14 bits per heavy atom. The van der Waals surface area contributed by atoms with Crippen molar-refractivity contribution >= 4 is 11.3 Å². The number of rotatable bonds is 2. The van der Waals surface area contributed by atoms with Crippen LogP contribution in [-0.4, -0.2) is 20.2 Å². The van der Waals surface area contributed by atoms with E-state index in [-0.39, 0.29) is 0 Å². The minimum Gasteiger partial charge on any atom is -0.496 e. The predicted octanol–water partition coefficient (Wildman–Crippen LogP) is 2.53. The standard InChI is InChI=1S/C11H17NOS/c1-8-11(10(13-2)7-14-8)9-3-5-12-6-4-9/h7,9,12H,3-6H2,1-2H3. The number of ether oxygens (including phenoxy) is 1. The van der Waals surface area contributed by atoms with E-state index in [4.69, 9.17) is 4.74 Å². The summed E-state index contributed by atoms with van der Waals surface area (Å²) in [6, 6.07) is 0. The van der Waals surface area contributed by atoms with Crippen molar-refractivity contribution in [2.24, 2.45) is 0 Å². The van der Waals surface area contributed by atoms with Crippen LogP contribution < -0.4 is 10.1 Å². The Kier molecular flexibility index (Phi) is 3.08. The lowest BCUT2D eigenvalue weighted by atomic mass is 9.90. The van der Waals surface area contributed by atoms with Gasteiger partial charge < -0.3 is 10.1 Å². The van der Waals surface area contributed by atoms with Gasteiger partial charge in [-0.2, -0.15) is 0 Å². The van der Waals surface area contributed by atoms with Gasteiger partial charge in [0.2, 0.25) is 0 Å². The van der Waals surface area contributed by atoms with Crippen molar-refractivity contribution in [1.29, 1.82) is 0 Å².